The van der Waals surface area contributed by atoms with Crippen LogP contribution in [0, 0.1) is 13.8 Å². The summed E-state index contributed by atoms with van der Waals surface area (Å²) in [5, 5.41) is 12.7. The van der Waals surface area contributed by atoms with Crippen LogP contribution in [0.5, 0.6) is 0 Å². The highest BCUT2D eigenvalue weighted by molar-refractivity contribution is 6.30. The van der Waals surface area contributed by atoms with E-state index in [9.17, 15) is 4.79 Å². The molecule has 3 nitrogen and oxygen atoms in total. The number of hydrogen-bond donors (Lipinski definition) is 2. The van der Waals surface area contributed by atoms with E-state index in [1.54, 1.807) is 13.8 Å². The second kappa shape index (κ2) is 5.23. The summed E-state index contributed by atoms with van der Waals surface area (Å²) >= 11 is 5.94. The Morgan fingerprint density at radius 3 is 2.12 bits per heavy atom. The predicted molar refractivity (Wildman–Crippen MR) is 70.6 cm³/mol. The minimum absolute atomic E-state index is 0.304. The van der Waals surface area contributed by atoms with Crippen molar-refractivity contribution in [2.24, 2.45) is 0 Å². The molecule has 0 saturated carbocycles. The third-order valence-electron chi connectivity index (χ3n) is 2.69. The minimum atomic E-state index is -0.917. The van der Waals surface area contributed by atoms with Crippen LogP contribution in [0.3, 0.4) is 0 Å². The Morgan fingerprint density at radius 1 is 1.24 bits per heavy atom. The van der Waals surface area contributed by atoms with Gasteiger partial charge < -0.3 is 10.4 Å². The van der Waals surface area contributed by atoms with Gasteiger partial charge in [-0.25, -0.2) is 4.79 Å². The maximum Gasteiger partial charge on any atom is 0.333 e. The molecular weight excluding hydrogens is 238 g/mol. The number of aryl methyl sites for hydroxylation is 2. The number of benzene rings is 1. The molecule has 0 unspecified atom stereocenters. The largest absolute Gasteiger partial charge is 0.478 e. The molecule has 0 spiro atoms. The van der Waals surface area contributed by atoms with Gasteiger partial charge in [0.05, 0.1) is 5.57 Å². The molecule has 1 aromatic rings. The van der Waals surface area contributed by atoms with Gasteiger partial charge in [0.1, 0.15) is 0 Å². The molecule has 1 rings (SSSR count). The van der Waals surface area contributed by atoms with Gasteiger partial charge in [0.25, 0.3) is 0 Å². The summed E-state index contributed by atoms with van der Waals surface area (Å²) < 4.78 is 0. The quantitative estimate of drug-likeness (QED) is 0.807. The summed E-state index contributed by atoms with van der Waals surface area (Å²) in [7, 11) is 0. The van der Waals surface area contributed by atoms with Crippen LogP contribution in [0.15, 0.2) is 23.4 Å². The van der Waals surface area contributed by atoms with Crippen molar-refractivity contribution in [1.29, 1.82) is 0 Å². The molecule has 0 heterocycles. The molecule has 4 heteroatoms. The number of nitrogens with one attached hydrogen (secondary N) is 1. The lowest BCUT2D eigenvalue weighted by Crippen LogP contribution is -2.07. The van der Waals surface area contributed by atoms with Gasteiger partial charge in [-0.1, -0.05) is 11.6 Å². The zero-order valence-corrected chi connectivity index (χ0v) is 11.1. The fourth-order valence-corrected chi connectivity index (χ4v) is 1.88. The van der Waals surface area contributed by atoms with Crippen molar-refractivity contribution in [3.8, 4) is 0 Å². The summed E-state index contributed by atoms with van der Waals surface area (Å²) in [6.45, 7) is 7.19. The van der Waals surface area contributed by atoms with E-state index in [2.05, 4.69) is 5.32 Å². The van der Waals surface area contributed by atoms with E-state index in [0.717, 1.165) is 16.8 Å². The second-order valence-electron chi connectivity index (χ2n) is 4.09. The van der Waals surface area contributed by atoms with E-state index in [4.69, 9.17) is 16.7 Å². The summed E-state index contributed by atoms with van der Waals surface area (Å²) in [6, 6.07) is 3.69. The summed E-state index contributed by atoms with van der Waals surface area (Å²) in [6.07, 6.45) is 0. The molecule has 0 bridgehead atoms. The number of hydrogen-bond acceptors (Lipinski definition) is 2. The Kier molecular flexibility index (Phi) is 4.18. The molecule has 0 aliphatic rings. The average molecular weight is 254 g/mol. The van der Waals surface area contributed by atoms with Crippen LogP contribution in [0.2, 0.25) is 5.02 Å². The zero-order valence-electron chi connectivity index (χ0n) is 10.4. The van der Waals surface area contributed by atoms with Crippen LogP contribution in [-0.2, 0) is 4.79 Å². The lowest BCUT2D eigenvalue weighted by Gasteiger charge is -2.14. The van der Waals surface area contributed by atoms with Crippen molar-refractivity contribution in [3.05, 3.63) is 39.6 Å². The molecular formula is C13H16ClNO2. The van der Waals surface area contributed by atoms with Crippen LogP contribution in [-0.4, -0.2) is 11.1 Å². The molecule has 0 aliphatic carbocycles. The standard InChI is InChI=1S/C13H16ClNO2/c1-7-5-11(14)6-8(2)12(7)15-10(4)9(3)13(16)17/h5-6,15H,1-4H3,(H,16,17). The van der Waals surface area contributed by atoms with Gasteiger partial charge >= 0.3 is 5.97 Å². The first kappa shape index (κ1) is 13.6. The SMILES string of the molecule is CC(Nc1c(C)cc(Cl)cc1C)=C(C)C(=O)O. The van der Waals surface area contributed by atoms with Crippen molar-refractivity contribution < 1.29 is 9.90 Å². The predicted octanol–water partition coefficient (Wildman–Crippen LogP) is 3.75. The van der Waals surface area contributed by atoms with Crippen LogP contribution in [0.4, 0.5) is 5.69 Å². The monoisotopic (exact) mass is 253 g/mol. The molecule has 1 aromatic carbocycles. The van der Waals surface area contributed by atoms with Gasteiger partial charge in [-0.3, -0.25) is 0 Å². The number of carboxylic acid groups (broad SMARTS) is 1. The molecule has 0 aliphatic heterocycles. The Morgan fingerprint density at radius 2 is 1.71 bits per heavy atom. The number of rotatable bonds is 3. The number of aliphatic carboxylic acids is 1. The van der Waals surface area contributed by atoms with E-state index >= 15 is 0 Å². The number of allylic oxidation sites excluding steroid dienone is 1. The topological polar surface area (TPSA) is 49.3 Å². The van der Waals surface area contributed by atoms with E-state index in [1.165, 1.54) is 0 Å². The third-order valence-corrected chi connectivity index (χ3v) is 2.91. The van der Waals surface area contributed by atoms with Crippen LogP contribution >= 0.6 is 11.6 Å². The van der Waals surface area contributed by atoms with Gasteiger partial charge in [0.15, 0.2) is 0 Å². The van der Waals surface area contributed by atoms with Crippen LogP contribution in [0.1, 0.15) is 25.0 Å². The summed E-state index contributed by atoms with van der Waals surface area (Å²) in [4.78, 5) is 10.8. The molecule has 2 N–H and O–H groups in total. The highest BCUT2D eigenvalue weighted by Crippen LogP contribution is 2.26. The van der Waals surface area contributed by atoms with Gasteiger partial charge in [-0.15, -0.1) is 0 Å². The van der Waals surface area contributed by atoms with Crippen molar-refractivity contribution in [1.82, 2.24) is 0 Å². The van der Waals surface area contributed by atoms with Gasteiger partial charge in [-0.2, -0.15) is 0 Å². The molecule has 0 saturated heterocycles. The van der Waals surface area contributed by atoms with Crippen LogP contribution in [0.25, 0.3) is 0 Å². The smallest absolute Gasteiger partial charge is 0.333 e. The van der Waals surface area contributed by atoms with E-state index in [1.807, 2.05) is 26.0 Å². The molecule has 0 aromatic heterocycles. The molecule has 0 amide bonds. The van der Waals surface area contributed by atoms with E-state index < -0.39 is 5.97 Å². The Balaban J connectivity index is 3.13. The highest BCUT2D eigenvalue weighted by atomic mass is 35.5. The normalized spacial score (nSPS) is 12.1. The number of carbonyl (C=O) groups is 1. The first-order valence-electron chi connectivity index (χ1n) is 5.27. The first-order chi connectivity index (χ1) is 7.82. The number of carboxylic acids is 1. The molecule has 0 fully saturated rings. The van der Waals surface area contributed by atoms with Crippen LogP contribution < -0.4 is 5.32 Å². The number of halogens is 1. The summed E-state index contributed by atoms with van der Waals surface area (Å²) in [5.41, 5.74) is 3.83. The van der Waals surface area contributed by atoms with Gasteiger partial charge in [-0.05, 0) is 51.0 Å². The van der Waals surface area contributed by atoms with E-state index in [-0.39, 0.29) is 0 Å². The molecule has 92 valence electrons. The Bertz CT molecular complexity index is 469. The van der Waals surface area contributed by atoms with Crippen molar-refractivity contribution in [2.75, 3.05) is 5.32 Å². The Labute approximate surface area is 106 Å². The highest BCUT2D eigenvalue weighted by Gasteiger charge is 2.09. The fraction of sp³-hybridized carbons (Fsp3) is 0.308. The average Bonchev–Trinajstić information content (AvgIpc) is 2.21. The lowest BCUT2D eigenvalue weighted by atomic mass is 10.1. The fourth-order valence-electron chi connectivity index (χ4n) is 1.55. The molecule has 0 radical (unpaired) electrons. The van der Waals surface area contributed by atoms with Gasteiger partial charge in [0.2, 0.25) is 0 Å². The first-order valence-corrected chi connectivity index (χ1v) is 5.65. The number of anilines is 1. The van der Waals surface area contributed by atoms with Crippen molar-refractivity contribution in [3.63, 3.8) is 0 Å². The van der Waals surface area contributed by atoms with E-state index in [0.29, 0.717) is 16.3 Å². The van der Waals surface area contributed by atoms with Gasteiger partial charge in [0, 0.05) is 16.4 Å². The molecule has 0 atom stereocenters. The lowest BCUT2D eigenvalue weighted by molar-refractivity contribution is -0.132. The maximum absolute atomic E-state index is 10.8. The second-order valence-corrected chi connectivity index (χ2v) is 4.53. The zero-order chi connectivity index (χ0) is 13.2. The minimum Gasteiger partial charge on any atom is -0.478 e. The Hall–Kier alpha value is -1.48. The summed E-state index contributed by atoms with van der Waals surface area (Å²) in [5.74, 6) is -0.917. The maximum atomic E-state index is 10.8. The van der Waals surface area contributed by atoms with Crippen molar-refractivity contribution in [2.45, 2.75) is 27.7 Å². The molecule has 17 heavy (non-hydrogen) atoms. The third kappa shape index (κ3) is 3.24. The van der Waals surface area contributed by atoms with Crippen molar-refractivity contribution >= 4 is 23.3 Å².